The molecule has 9 nitrogen and oxygen atoms in total. The first-order chi connectivity index (χ1) is 19.8. The molecular formula is C30H26N6O3S2. The minimum atomic E-state index is -3.97. The van der Waals surface area contributed by atoms with Crippen molar-refractivity contribution >= 4 is 26.7 Å². The fourth-order valence-electron chi connectivity index (χ4n) is 4.10. The van der Waals surface area contributed by atoms with Crippen molar-refractivity contribution < 1.29 is 13.2 Å². The summed E-state index contributed by atoms with van der Waals surface area (Å²) in [6.45, 7) is 5.00. The van der Waals surface area contributed by atoms with Crippen LogP contribution in [0.4, 0.5) is 5.13 Å². The van der Waals surface area contributed by atoms with Gasteiger partial charge in [-0.3, -0.25) is 9.71 Å². The van der Waals surface area contributed by atoms with Crippen molar-refractivity contribution in [2.75, 3.05) is 4.72 Å². The SMILES string of the molecule is CC(C)NCc1cccc(-c2ccc(Oc3ccc(S(=O)(=O)Nc4ncns4)cc3C#N)c(-c3ccncc3)c2)c1. The fraction of sp³-hybridized carbons (Fsp3) is 0.133. The molecule has 3 aromatic carbocycles. The first-order valence-electron chi connectivity index (χ1n) is 12.7. The first-order valence-corrected chi connectivity index (χ1v) is 15.0. The molecule has 0 saturated heterocycles. The molecule has 5 aromatic rings. The van der Waals surface area contributed by atoms with E-state index in [2.05, 4.69) is 62.5 Å². The molecule has 0 aliphatic carbocycles. The van der Waals surface area contributed by atoms with Crippen molar-refractivity contribution in [3.05, 3.63) is 103 Å². The van der Waals surface area contributed by atoms with Gasteiger partial charge in [0.1, 0.15) is 23.9 Å². The number of nitrogens with zero attached hydrogens (tertiary/aromatic N) is 4. The lowest BCUT2D eigenvalue weighted by Crippen LogP contribution is -2.21. The highest BCUT2D eigenvalue weighted by molar-refractivity contribution is 7.93. The fourth-order valence-corrected chi connectivity index (χ4v) is 5.79. The van der Waals surface area contributed by atoms with Crippen molar-refractivity contribution in [2.45, 2.75) is 31.3 Å². The van der Waals surface area contributed by atoms with Gasteiger partial charge in [-0.2, -0.15) is 9.64 Å². The van der Waals surface area contributed by atoms with E-state index in [0.717, 1.165) is 40.3 Å². The first kappa shape index (κ1) is 27.9. The summed E-state index contributed by atoms with van der Waals surface area (Å²) in [7, 11) is -3.97. The van der Waals surface area contributed by atoms with Gasteiger partial charge in [-0.05, 0) is 70.8 Å². The third-order valence-electron chi connectivity index (χ3n) is 6.13. The second-order valence-electron chi connectivity index (χ2n) is 9.41. The number of nitrogens with one attached hydrogen (secondary N) is 2. The van der Waals surface area contributed by atoms with E-state index >= 15 is 0 Å². The van der Waals surface area contributed by atoms with Crippen molar-refractivity contribution in [1.82, 2.24) is 19.7 Å². The molecule has 0 bridgehead atoms. The maximum atomic E-state index is 12.8. The summed E-state index contributed by atoms with van der Waals surface area (Å²) in [5, 5.41) is 13.4. The topological polar surface area (TPSA) is 130 Å². The van der Waals surface area contributed by atoms with E-state index < -0.39 is 10.0 Å². The van der Waals surface area contributed by atoms with Gasteiger partial charge in [0.15, 0.2) is 0 Å². The summed E-state index contributed by atoms with van der Waals surface area (Å²) in [6.07, 6.45) is 4.66. The molecule has 0 unspecified atom stereocenters. The molecule has 0 radical (unpaired) electrons. The summed E-state index contributed by atoms with van der Waals surface area (Å²) < 4.78 is 38.0. The second-order valence-corrected chi connectivity index (χ2v) is 11.9. The molecule has 0 fully saturated rings. The van der Waals surface area contributed by atoms with Gasteiger partial charge in [0.05, 0.1) is 10.5 Å². The van der Waals surface area contributed by atoms with Crippen LogP contribution in [-0.4, -0.2) is 28.8 Å². The Hall–Kier alpha value is -4.63. The average Bonchev–Trinajstić information content (AvgIpc) is 3.49. The Bertz CT molecular complexity index is 1800. The van der Waals surface area contributed by atoms with E-state index in [1.807, 2.05) is 36.4 Å². The van der Waals surface area contributed by atoms with Crippen LogP contribution in [-0.2, 0) is 16.6 Å². The van der Waals surface area contributed by atoms with E-state index in [-0.39, 0.29) is 21.3 Å². The van der Waals surface area contributed by atoms with Gasteiger partial charge < -0.3 is 10.1 Å². The molecule has 0 aliphatic heterocycles. The van der Waals surface area contributed by atoms with E-state index in [4.69, 9.17) is 4.74 Å². The third kappa shape index (κ3) is 6.75. The predicted molar refractivity (Wildman–Crippen MR) is 159 cm³/mol. The van der Waals surface area contributed by atoms with Crippen LogP contribution in [0.5, 0.6) is 11.5 Å². The van der Waals surface area contributed by atoms with Crippen LogP contribution in [0.15, 0.2) is 96.4 Å². The zero-order valence-electron chi connectivity index (χ0n) is 22.3. The van der Waals surface area contributed by atoms with Crippen molar-refractivity contribution in [3.63, 3.8) is 0 Å². The van der Waals surface area contributed by atoms with Gasteiger partial charge in [0, 0.05) is 42.1 Å². The zero-order chi connectivity index (χ0) is 28.8. The van der Waals surface area contributed by atoms with Crippen LogP contribution in [0, 0.1) is 11.3 Å². The number of ether oxygens (including phenoxy) is 1. The zero-order valence-corrected chi connectivity index (χ0v) is 23.9. The number of sulfonamides is 1. The van der Waals surface area contributed by atoms with Crippen LogP contribution in [0.1, 0.15) is 25.0 Å². The Morgan fingerprint density at radius 2 is 1.73 bits per heavy atom. The van der Waals surface area contributed by atoms with Gasteiger partial charge in [-0.1, -0.05) is 38.1 Å². The number of pyridine rings is 1. The van der Waals surface area contributed by atoms with Gasteiger partial charge in [-0.25, -0.2) is 13.4 Å². The highest BCUT2D eigenvalue weighted by Gasteiger charge is 2.19. The van der Waals surface area contributed by atoms with Crippen LogP contribution in [0.2, 0.25) is 0 Å². The van der Waals surface area contributed by atoms with Gasteiger partial charge in [-0.15, -0.1) is 0 Å². The van der Waals surface area contributed by atoms with Crippen LogP contribution in [0.3, 0.4) is 0 Å². The number of benzene rings is 3. The molecule has 11 heteroatoms. The number of hydrogen-bond acceptors (Lipinski definition) is 9. The maximum absolute atomic E-state index is 12.8. The number of hydrogen-bond donors (Lipinski definition) is 2. The van der Waals surface area contributed by atoms with Gasteiger partial charge in [0.2, 0.25) is 5.13 Å². The summed E-state index contributed by atoms with van der Waals surface area (Å²) in [5.41, 5.74) is 4.99. The van der Waals surface area contributed by atoms with E-state index in [9.17, 15) is 13.7 Å². The molecule has 2 heterocycles. The summed E-state index contributed by atoms with van der Waals surface area (Å²) >= 11 is 0.914. The number of nitriles is 1. The third-order valence-corrected chi connectivity index (χ3v) is 8.18. The molecule has 0 saturated carbocycles. The minimum absolute atomic E-state index is 0.0697. The van der Waals surface area contributed by atoms with Crippen LogP contribution >= 0.6 is 11.5 Å². The number of anilines is 1. The Morgan fingerprint density at radius 1 is 0.951 bits per heavy atom. The van der Waals surface area contributed by atoms with Crippen molar-refractivity contribution in [2.24, 2.45) is 0 Å². The van der Waals surface area contributed by atoms with E-state index in [0.29, 0.717) is 11.8 Å². The standard InChI is InChI=1S/C30H26N6O3S2/c1-20(2)33-18-21-4-3-5-23(14-21)24-6-8-29(27(16-24)22-10-12-32-13-11-22)39-28-9-7-26(15-25(28)17-31)41(37,38)36-30-34-19-35-40-30/h3-16,19-20,33H,18H2,1-2H3,(H,34,35,36). The number of rotatable bonds is 10. The highest BCUT2D eigenvalue weighted by Crippen LogP contribution is 2.38. The smallest absolute Gasteiger partial charge is 0.263 e. The van der Waals surface area contributed by atoms with Gasteiger partial charge >= 0.3 is 0 Å². The summed E-state index contributed by atoms with van der Waals surface area (Å²) in [6, 6.07) is 24.5. The quantitative estimate of drug-likeness (QED) is 0.198. The summed E-state index contributed by atoms with van der Waals surface area (Å²) in [4.78, 5) is 7.90. The molecule has 0 spiro atoms. The lowest BCUT2D eigenvalue weighted by Gasteiger charge is -2.15. The number of aromatic nitrogens is 3. The average molecular weight is 583 g/mol. The Labute approximate surface area is 242 Å². The highest BCUT2D eigenvalue weighted by atomic mass is 32.2. The molecule has 0 atom stereocenters. The van der Waals surface area contributed by atoms with Crippen molar-refractivity contribution in [3.8, 4) is 39.8 Å². The Morgan fingerprint density at radius 3 is 2.46 bits per heavy atom. The van der Waals surface area contributed by atoms with Crippen molar-refractivity contribution in [1.29, 1.82) is 5.26 Å². The molecule has 2 aromatic heterocycles. The molecule has 0 aliphatic rings. The molecule has 5 rings (SSSR count). The lowest BCUT2D eigenvalue weighted by atomic mass is 9.97. The van der Waals surface area contributed by atoms with Gasteiger partial charge in [0.25, 0.3) is 10.0 Å². The molecule has 206 valence electrons. The summed E-state index contributed by atoms with van der Waals surface area (Å²) in [5.74, 6) is 0.740. The molecule has 2 N–H and O–H groups in total. The Balaban J connectivity index is 1.49. The second kappa shape index (κ2) is 12.3. The monoisotopic (exact) mass is 582 g/mol. The van der Waals surface area contributed by atoms with E-state index in [1.165, 1.54) is 30.1 Å². The van der Waals surface area contributed by atoms with E-state index in [1.54, 1.807) is 12.4 Å². The maximum Gasteiger partial charge on any atom is 0.263 e. The Kier molecular flexibility index (Phi) is 8.35. The molecule has 0 amide bonds. The largest absolute Gasteiger partial charge is 0.455 e. The molecule has 41 heavy (non-hydrogen) atoms. The van der Waals surface area contributed by atoms with Crippen LogP contribution < -0.4 is 14.8 Å². The normalized spacial score (nSPS) is 11.3. The molecular weight excluding hydrogens is 557 g/mol. The minimum Gasteiger partial charge on any atom is -0.455 e. The predicted octanol–water partition coefficient (Wildman–Crippen LogP) is 6.23. The lowest BCUT2D eigenvalue weighted by molar-refractivity contribution is 0.482. The van der Waals surface area contributed by atoms with Crippen LogP contribution in [0.25, 0.3) is 22.3 Å².